The van der Waals surface area contributed by atoms with Gasteiger partial charge in [-0.25, -0.2) is 4.39 Å². The molecule has 0 aliphatic carbocycles. The molecule has 1 unspecified atom stereocenters. The monoisotopic (exact) mass is 322 g/mol. The Kier molecular flexibility index (Phi) is 5.07. The Morgan fingerprint density at radius 3 is 2.82 bits per heavy atom. The first-order chi connectivity index (χ1) is 7.91. The Morgan fingerprint density at radius 1 is 1.59 bits per heavy atom. The number of hydrogen-bond donors (Lipinski definition) is 2. The van der Waals surface area contributed by atoms with Gasteiger partial charge in [-0.15, -0.1) is 0 Å². The van der Waals surface area contributed by atoms with Crippen molar-refractivity contribution in [1.29, 1.82) is 0 Å². The van der Waals surface area contributed by atoms with Crippen LogP contribution in [-0.4, -0.2) is 28.7 Å². The highest BCUT2D eigenvalue weighted by Gasteiger charge is 2.12. The summed E-state index contributed by atoms with van der Waals surface area (Å²) < 4.78 is 24.2. The van der Waals surface area contributed by atoms with E-state index in [2.05, 4.69) is 21.2 Å². The molecule has 0 saturated heterocycles. The number of anilines is 1. The van der Waals surface area contributed by atoms with Crippen molar-refractivity contribution in [3.63, 3.8) is 0 Å². The molecule has 1 aromatic rings. The van der Waals surface area contributed by atoms with Crippen LogP contribution in [0.3, 0.4) is 0 Å². The van der Waals surface area contributed by atoms with Crippen LogP contribution in [0.2, 0.25) is 0 Å². The summed E-state index contributed by atoms with van der Waals surface area (Å²) in [5, 5.41) is 2.58. The first-order valence-electron chi connectivity index (χ1n) is 4.74. The maximum Gasteiger partial charge on any atom is 0.252 e. The lowest BCUT2D eigenvalue weighted by Gasteiger charge is -2.07. The summed E-state index contributed by atoms with van der Waals surface area (Å²) in [6, 6.07) is 2.40. The highest BCUT2D eigenvalue weighted by molar-refractivity contribution is 9.10. The number of rotatable bonds is 4. The Labute approximate surface area is 109 Å². The molecule has 94 valence electrons. The molecule has 17 heavy (non-hydrogen) atoms. The fraction of sp³-hybridized carbons (Fsp3) is 0.300. The van der Waals surface area contributed by atoms with Crippen LogP contribution in [0.25, 0.3) is 0 Å². The second-order valence-corrected chi connectivity index (χ2v) is 5.80. The van der Waals surface area contributed by atoms with Crippen molar-refractivity contribution in [2.75, 3.05) is 24.3 Å². The predicted molar refractivity (Wildman–Crippen MR) is 69.8 cm³/mol. The zero-order valence-corrected chi connectivity index (χ0v) is 11.5. The number of nitrogens with two attached hydrogens (primary N) is 1. The molecule has 0 bridgehead atoms. The molecule has 0 saturated carbocycles. The molecule has 0 spiro atoms. The number of hydrogen-bond acceptors (Lipinski definition) is 3. The van der Waals surface area contributed by atoms with Crippen LogP contribution in [0.15, 0.2) is 16.6 Å². The fourth-order valence-corrected chi connectivity index (χ4v) is 2.03. The topological polar surface area (TPSA) is 72.2 Å². The zero-order valence-electron chi connectivity index (χ0n) is 9.13. The van der Waals surface area contributed by atoms with Crippen LogP contribution in [0.5, 0.6) is 0 Å². The van der Waals surface area contributed by atoms with E-state index in [1.54, 1.807) is 6.26 Å². The number of amides is 1. The number of nitrogen functional groups attached to an aromatic ring is 1. The molecule has 1 aromatic carbocycles. The quantitative estimate of drug-likeness (QED) is 0.820. The molecule has 0 aliphatic rings. The van der Waals surface area contributed by atoms with E-state index in [0.717, 1.165) is 6.07 Å². The standard InChI is InChI=1S/C10H12BrFN2O2S/c1-17(16)3-2-14-10(15)6-4-9(13)8(12)5-7(6)11/h4-5H,2-3,13H2,1H3,(H,14,15). The molecule has 1 atom stereocenters. The van der Waals surface area contributed by atoms with Gasteiger partial charge in [0, 0.05) is 33.8 Å². The van der Waals surface area contributed by atoms with E-state index in [9.17, 15) is 13.4 Å². The Hall–Kier alpha value is -0.950. The number of nitrogens with one attached hydrogen (secondary N) is 1. The Balaban J connectivity index is 2.75. The van der Waals surface area contributed by atoms with Gasteiger partial charge in [0.1, 0.15) is 5.82 Å². The van der Waals surface area contributed by atoms with Crippen molar-refractivity contribution in [3.05, 3.63) is 28.0 Å². The van der Waals surface area contributed by atoms with Gasteiger partial charge in [0.15, 0.2) is 0 Å². The van der Waals surface area contributed by atoms with Crippen LogP contribution in [-0.2, 0) is 10.8 Å². The van der Waals surface area contributed by atoms with Crippen LogP contribution >= 0.6 is 15.9 Å². The number of halogens is 2. The van der Waals surface area contributed by atoms with E-state index in [4.69, 9.17) is 5.73 Å². The van der Waals surface area contributed by atoms with Gasteiger partial charge in [0.05, 0.1) is 11.3 Å². The van der Waals surface area contributed by atoms with E-state index >= 15 is 0 Å². The number of carbonyl (C=O) groups excluding carboxylic acids is 1. The minimum Gasteiger partial charge on any atom is -0.396 e. The average Bonchev–Trinajstić information content (AvgIpc) is 2.22. The van der Waals surface area contributed by atoms with Gasteiger partial charge in [0.2, 0.25) is 0 Å². The molecular weight excluding hydrogens is 311 g/mol. The lowest BCUT2D eigenvalue weighted by atomic mass is 10.2. The van der Waals surface area contributed by atoms with Crippen molar-refractivity contribution in [3.8, 4) is 0 Å². The molecule has 7 heteroatoms. The van der Waals surface area contributed by atoms with Crippen molar-refractivity contribution < 1.29 is 13.4 Å². The molecule has 1 rings (SSSR count). The van der Waals surface area contributed by atoms with Gasteiger partial charge >= 0.3 is 0 Å². The van der Waals surface area contributed by atoms with Gasteiger partial charge in [-0.2, -0.15) is 0 Å². The SMILES string of the molecule is CS(=O)CCNC(=O)c1cc(N)c(F)cc1Br. The van der Waals surface area contributed by atoms with Gasteiger partial charge < -0.3 is 11.1 Å². The average molecular weight is 323 g/mol. The highest BCUT2D eigenvalue weighted by atomic mass is 79.9. The van der Waals surface area contributed by atoms with Gasteiger partial charge in [-0.1, -0.05) is 0 Å². The van der Waals surface area contributed by atoms with Crippen LogP contribution in [0.1, 0.15) is 10.4 Å². The van der Waals surface area contributed by atoms with Crippen molar-refractivity contribution in [1.82, 2.24) is 5.32 Å². The maximum absolute atomic E-state index is 13.1. The summed E-state index contributed by atoms with van der Waals surface area (Å²) in [5.41, 5.74) is 5.55. The lowest BCUT2D eigenvalue weighted by Crippen LogP contribution is -2.28. The van der Waals surface area contributed by atoms with E-state index in [1.165, 1.54) is 6.07 Å². The molecule has 1 amide bonds. The molecule has 3 N–H and O–H groups in total. The van der Waals surface area contributed by atoms with Crippen molar-refractivity contribution in [2.24, 2.45) is 0 Å². The second-order valence-electron chi connectivity index (χ2n) is 3.39. The molecule has 0 heterocycles. The number of carbonyl (C=O) groups is 1. The van der Waals surface area contributed by atoms with Crippen LogP contribution in [0.4, 0.5) is 10.1 Å². The summed E-state index contributed by atoms with van der Waals surface area (Å²) in [4.78, 5) is 11.7. The Morgan fingerprint density at radius 2 is 2.24 bits per heavy atom. The van der Waals surface area contributed by atoms with E-state index < -0.39 is 16.6 Å². The highest BCUT2D eigenvalue weighted by Crippen LogP contribution is 2.22. The first-order valence-corrected chi connectivity index (χ1v) is 7.26. The maximum atomic E-state index is 13.1. The van der Waals surface area contributed by atoms with Crippen LogP contribution in [0, 0.1) is 5.82 Å². The van der Waals surface area contributed by atoms with Crippen molar-refractivity contribution >= 4 is 38.3 Å². The third kappa shape index (κ3) is 4.08. The minimum atomic E-state index is -0.963. The van der Waals surface area contributed by atoms with E-state index in [1.807, 2.05) is 0 Å². The van der Waals surface area contributed by atoms with Crippen molar-refractivity contribution in [2.45, 2.75) is 0 Å². The smallest absolute Gasteiger partial charge is 0.252 e. The third-order valence-electron chi connectivity index (χ3n) is 2.01. The van der Waals surface area contributed by atoms with Crippen LogP contribution < -0.4 is 11.1 Å². The molecule has 0 aliphatic heterocycles. The second kappa shape index (κ2) is 6.11. The molecular formula is C10H12BrFN2O2S. The van der Waals surface area contributed by atoms with E-state index in [-0.39, 0.29) is 17.2 Å². The molecule has 0 aromatic heterocycles. The zero-order chi connectivity index (χ0) is 13.0. The first kappa shape index (κ1) is 14.1. The minimum absolute atomic E-state index is 0.0857. The summed E-state index contributed by atoms with van der Waals surface area (Å²) in [6.45, 7) is 0.297. The summed E-state index contributed by atoms with van der Waals surface area (Å²) >= 11 is 3.09. The van der Waals surface area contributed by atoms with Gasteiger partial charge in [0.25, 0.3) is 5.91 Å². The third-order valence-corrected chi connectivity index (χ3v) is 3.44. The molecule has 0 radical (unpaired) electrons. The summed E-state index contributed by atoms with van der Waals surface area (Å²) in [5.74, 6) is -0.586. The van der Waals surface area contributed by atoms with Gasteiger partial charge in [-0.05, 0) is 28.1 Å². The fourth-order valence-electron chi connectivity index (χ4n) is 1.14. The predicted octanol–water partition coefficient (Wildman–Crippen LogP) is 1.28. The number of benzene rings is 1. The van der Waals surface area contributed by atoms with Gasteiger partial charge in [-0.3, -0.25) is 9.00 Å². The summed E-state index contributed by atoms with van der Waals surface area (Å²) in [7, 11) is -0.963. The largest absolute Gasteiger partial charge is 0.396 e. The van der Waals surface area contributed by atoms with E-state index in [0.29, 0.717) is 16.8 Å². The lowest BCUT2D eigenvalue weighted by molar-refractivity contribution is 0.0955. The Bertz CT molecular complexity index is 468. The molecule has 4 nitrogen and oxygen atoms in total. The normalized spacial score (nSPS) is 12.2. The molecule has 0 fully saturated rings. The summed E-state index contributed by atoms with van der Waals surface area (Å²) in [6.07, 6.45) is 1.55.